The van der Waals surface area contributed by atoms with Crippen LogP contribution in [0.1, 0.15) is 0 Å². The molecule has 1 N–H and O–H groups in total. The first-order chi connectivity index (χ1) is 13.7. The van der Waals surface area contributed by atoms with E-state index < -0.39 is 0 Å². The first-order valence-electron chi connectivity index (χ1n) is 9.36. The van der Waals surface area contributed by atoms with Crippen molar-refractivity contribution in [1.29, 1.82) is 0 Å². The number of benzene rings is 1. The van der Waals surface area contributed by atoms with Crippen LogP contribution in [-0.4, -0.2) is 64.3 Å². The van der Waals surface area contributed by atoms with Crippen molar-refractivity contribution < 1.29 is 5.11 Å². The maximum Gasteiger partial charge on any atom is 0.162 e. The maximum absolute atomic E-state index is 9.16. The molecule has 1 aliphatic rings. The van der Waals surface area contributed by atoms with Crippen molar-refractivity contribution in [2.75, 3.05) is 44.2 Å². The number of pyridine rings is 1. The molecule has 144 valence electrons. The predicted octanol–water partition coefficient (Wildman–Crippen LogP) is 3.08. The zero-order valence-electron chi connectivity index (χ0n) is 15.5. The number of aliphatic hydroxyl groups is 1. The second-order valence-electron chi connectivity index (χ2n) is 6.75. The lowest BCUT2D eigenvalue weighted by atomic mass is 10.1. The van der Waals surface area contributed by atoms with Crippen molar-refractivity contribution in [3.8, 4) is 22.6 Å². The molecule has 28 heavy (non-hydrogen) atoms. The summed E-state index contributed by atoms with van der Waals surface area (Å²) in [6.07, 6.45) is 3.59. The molecule has 0 bridgehead atoms. The van der Waals surface area contributed by atoms with Crippen LogP contribution in [0.25, 0.3) is 22.6 Å². The van der Waals surface area contributed by atoms with Crippen LogP contribution >= 0.6 is 15.9 Å². The van der Waals surface area contributed by atoms with Crippen molar-refractivity contribution >= 4 is 21.7 Å². The molecule has 0 amide bonds. The van der Waals surface area contributed by atoms with Crippen LogP contribution < -0.4 is 4.90 Å². The number of nitrogens with zero attached hydrogens (tertiary/aromatic N) is 5. The molecule has 3 heterocycles. The summed E-state index contributed by atoms with van der Waals surface area (Å²) in [5.74, 6) is 1.64. The Labute approximate surface area is 173 Å². The minimum atomic E-state index is 0.200. The van der Waals surface area contributed by atoms with Gasteiger partial charge in [-0.2, -0.15) is 0 Å². The molecule has 1 aromatic carbocycles. The van der Waals surface area contributed by atoms with Gasteiger partial charge in [-0.05, 0) is 22.0 Å². The van der Waals surface area contributed by atoms with E-state index in [0.717, 1.165) is 59.8 Å². The number of aliphatic hydroxyl groups excluding tert-OH is 1. The van der Waals surface area contributed by atoms with Gasteiger partial charge in [0.1, 0.15) is 5.82 Å². The molecule has 6 nitrogen and oxygen atoms in total. The standard InChI is InChI=1S/C21H22BrN5O/c22-18-12-17(14-23-15-18)19-13-20(27-8-6-26(7-9-27)10-11-28)25-21(24-19)16-4-2-1-3-5-16/h1-5,12-15,28H,6-11H2. The molecule has 0 radical (unpaired) electrons. The molecule has 0 unspecified atom stereocenters. The van der Waals surface area contributed by atoms with Gasteiger partial charge in [0.2, 0.25) is 0 Å². The van der Waals surface area contributed by atoms with Crippen LogP contribution in [0.3, 0.4) is 0 Å². The number of β-amino-alcohol motifs (C(OH)–C–C–N with tert-alkyl or cyclic N) is 1. The summed E-state index contributed by atoms with van der Waals surface area (Å²) in [4.78, 5) is 18.5. The molecular weight excluding hydrogens is 418 g/mol. The molecule has 0 saturated carbocycles. The molecule has 4 rings (SSSR count). The number of rotatable bonds is 5. The molecule has 0 spiro atoms. The van der Waals surface area contributed by atoms with Gasteiger partial charge in [-0.1, -0.05) is 30.3 Å². The van der Waals surface area contributed by atoms with Crippen molar-refractivity contribution in [1.82, 2.24) is 19.9 Å². The fraction of sp³-hybridized carbons (Fsp3) is 0.286. The van der Waals surface area contributed by atoms with Gasteiger partial charge in [0.25, 0.3) is 0 Å². The molecule has 1 fully saturated rings. The van der Waals surface area contributed by atoms with E-state index in [4.69, 9.17) is 15.1 Å². The number of hydrogen-bond acceptors (Lipinski definition) is 6. The average molecular weight is 440 g/mol. The molecule has 0 aliphatic carbocycles. The molecule has 2 aromatic heterocycles. The summed E-state index contributed by atoms with van der Waals surface area (Å²) in [6.45, 7) is 4.51. The molecule has 0 atom stereocenters. The largest absolute Gasteiger partial charge is 0.395 e. The second-order valence-corrected chi connectivity index (χ2v) is 7.66. The van der Waals surface area contributed by atoms with Crippen LogP contribution in [0.5, 0.6) is 0 Å². The Hall–Kier alpha value is -2.35. The van der Waals surface area contributed by atoms with E-state index in [0.29, 0.717) is 5.82 Å². The van der Waals surface area contributed by atoms with Gasteiger partial charge < -0.3 is 10.0 Å². The monoisotopic (exact) mass is 439 g/mol. The van der Waals surface area contributed by atoms with Gasteiger partial charge in [-0.3, -0.25) is 9.88 Å². The average Bonchev–Trinajstić information content (AvgIpc) is 2.75. The van der Waals surface area contributed by atoms with Crippen molar-refractivity contribution in [2.24, 2.45) is 0 Å². The summed E-state index contributed by atoms with van der Waals surface area (Å²) in [5, 5.41) is 9.16. The van der Waals surface area contributed by atoms with Gasteiger partial charge in [0, 0.05) is 66.8 Å². The van der Waals surface area contributed by atoms with Crippen molar-refractivity contribution in [3.05, 3.63) is 59.3 Å². The Morgan fingerprint density at radius 2 is 1.71 bits per heavy atom. The first-order valence-corrected chi connectivity index (χ1v) is 10.2. The number of aromatic nitrogens is 3. The van der Waals surface area contributed by atoms with Gasteiger partial charge in [0.05, 0.1) is 12.3 Å². The van der Waals surface area contributed by atoms with Gasteiger partial charge in [-0.15, -0.1) is 0 Å². The second kappa shape index (κ2) is 8.77. The fourth-order valence-electron chi connectivity index (χ4n) is 3.35. The highest BCUT2D eigenvalue weighted by Gasteiger charge is 2.19. The van der Waals surface area contributed by atoms with Crippen molar-refractivity contribution in [3.63, 3.8) is 0 Å². The Bertz CT molecular complexity index is 929. The zero-order valence-corrected chi connectivity index (χ0v) is 17.1. The van der Waals surface area contributed by atoms with E-state index >= 15 is 0 Å². The first kappa shape index (κ1) is 19.0. The number of halogens is 1. The number of piperazine rings is 1. The Morgan fingerprint density at radius 1 is 0.929 bits per heavy atom. The van der Waals surface area contributed by atoms with Crippen LogP contribution in [0, 0.1) is 0 Å². The smallest absolute Gasteiger partial charge is 0.162 e. The summed E-state index contributed by atoms with van der Waals surface area (Å²) in [5.41, 5.74) is 2.80. The minimum Gasteiger partial charge on any atom is -0.395 e. The summed E-state index contributed by atoms with van der Waals surface area (Å²) in [7, 11) is 0. The van der Waals surface area contributed by atoms with Crippen LogP contribution in [0.2, 0.25) is 0 Å². The Kier molecular flexibility index (Phi) is 5.95. The summed E-state index contributed by atoms with van der Waals surface area (Å²) in [6, 6.07) is 14.1. The molecular formula is C21H22BrN5O. The molecule has 3 aromatic rings. The lowest BCUT2D eigenvalue weighted by Gasteiger charge is -2.35. The highest BCUT2D eigenvalue weighted by atomic mass is 79.9. The Balaban J connectivity index is 1.71. The van der Waals surface area contributed by atoms with E-state index in [1.165, 1.54) is 0 Å². The highest BCUT2D eigenvalue weighted by Crippen LogP contribution is 2.27. The van der Waals surface area contributed by atoms with Crippen molar-refractivity contribution in [2.45, 2.75) is 0 Å². The Morgan fingerprint density at radius 3 is 2.43 bits per heavy atom. The molecule has 1 aliphatic heterocycles. The van der Waals surface area contributed by atoms with Crippen LogP contribution in [-0.2, 0) is 0 Å². The molecule has 7 heteroatoms. The minimum absolute atomic E-state index is 0.200. The maximum atomic E-state index is 9.16. The predicted molar refractivity (Wildman–Crippen MR) is 114 cm³/mol. The zero-order chi connectivity index (χ0) is 19.3. The lowest BCUT2D eigenvalue weighted by molar-refractivity contribution is 0.188. The third kappa shape index (κ3) is 4.38. The molecule has 1 saturated heterocycles. The van der Waals surface area contributed by atoms with E-state index in [1.807, 2.05) is 48.7 Å². The van der Waals surface area contributed by atoms with Gasteiger partial charge >= 0.3 is 0 Å². The van der Waals surface area contributed by atoms with Crippen LogP contribution in [0.4, 0.5) is 5.82 Å². The topological polar surface area (TPSA) is 65.4 Å². The third-order valence-corrected chi connectivity index (χ3v) is 5.29. The van der Waals surface area contributed by atoms with E-state index in [2.05, 4.69) is 30.7 Å². The lowest BCUT2D eigenvalue weighted by Crippen LogP contribution is -2.47. The van der Waals surface area contributed by atoms with E-state index in [9.17, 15) is 0 Å². The summed E-state index contributed by atoms with van der Waals surface area (Å²) >= 11 is 3.50. The number of anilines is 1. The highest BCUT2D eigenvalue weighted by molar-refractivity contribution is 9.10. The van der Waals surface area contributed by atoms with Gasteiger partial charge in [-0.25, -0.2) is 9.97 Å². The normalized spacial score (nSPS) is 15.0. The number of hydrogen-bond donors (Lipinski definition) is 1. The third-order valence-electron chi connectivity index (χ3n) is 4.86. The van der Waals surface area contributed by atoms with E-state index in [1.54, 1.807) is 6.20 Å². The van der Waals surface area contributed by atoms with Crippen LogP contribution in [0.15, 0.2) is 59.3 Å². The quantitative estimate of drug-likeness (QED) is 0.658. The van der Waals surface area contributed by atoms with Gasteiger partial charge in [0.15, 0.2) is 5.82 Å². The fourth-order valence-corrected chi connectivity index (χ4v) is 3.72. The van der Waals surface area contributed by atoms with E-state index in [-0.39, 0.29) is 6.61 Å². The summed E-state index contributed by atoms with van der Waals surface area (Å²) < 4.78 is 0.920. The SMILES string of the molecule is OCCN1CCN(c2cc(-c3cncc(Br)c3)nc(-c3ccccc3)n2)CC1.